The number of hydrazone groups is 1. The van der Waals surface area contributed by atoms with Gasteiger partial charge in [0.2, 0.25) is 0 Å². The molecule has 1 atom stereocenters. The normalized spacial score (nSPS) is 12.2. The van der Waals surface area contributed by atoms with Crippen LogP contribution in [0.4, 0.5) is 4.79 Å². The van der Waals surface area contributed by atoms with E-state index in [1.165, 1.54) is 0 Å². The zero-order chi connectivity index (χ0) is 24.7. The van der Waals surface area contributed by atoms with Crippen molar-refractivity contribution in [3.05, 3.63) is 60.9 Å². The molecule has 3 aromatic rings. The summed E-state index contributed by atoms with van der Waals surface area (Å²) in [5.74, 6) is 0.539. The number of aromatic amines is 1. The Morgan fingerprint density at radius 2 is 1.88 bits per heavy atom. The van der Waals surface area contributed by atoms with Gasteiger partial charge in [-0.15, -0.1) is 0 Å². The Balaban J connectivity index is 1.74. The number of carbonyl (C=O) groups excluding carboxylic acids is 2. The van der Waals surface area contributed by atoms with Crippen molar-refractivity contribution in [3.63, 3.8) is 0 Å². The molecule has 0 unspecified atom stereocenters. The molecule has 0 saturated heterocycles. The second-order valence-corrected chi connectivity index (χ2v) is 10.3. The van der Waals surface area contributed by atoms with Crippen LogP contribution in [0.25, 0.3) is 10.9 Å². The maximum atomic E-state index is 13.0. The molecule has 0 spiro atoms. The number of hydrogen-bond donors (Lipinski definition) is 3. The molecule has 3 N–H and O–H groups in total. The highest BCUT2D eigenvalue weighted by atomic mass is 127. The number of alkyl carbamates (subject to hydrolysis) is 1. The maximum absolute atomic E-state index is 13.0. The molecular formula is C24H26I2N4O4. The van der Waals surface area contributed by atoms with Crippen molar-refractivity contribution in [3.8, 4) is 5.75 Å². The smallest absolute Gasteiger partial charge is 0.407 e. The van der Waals surface area contributed by atoms with Crippen LogP contribution in [0, 0.1) is 13.1 Å². The first kappa shape index (κ1) is 26.3. The minimum absolute atomic E-state index is 0.186. The Bertz CT molecular complexity index is 1170. The predicted molar refractivity (Wildman–Crippen MR) is 149 cm³/mol. The first-order chi connectivity index (χ1) is 16.3. The molecule has 2 aromatic carbocycles. The molecule has 34 heavy (non-hydrogen) atoms. The number of fused-ring (bicyclic) bond motifs is 1. The number of hydrogen-bond acceptors (Lipinski definition) is 5. The average molecular weight is 688 g/mol. The molecule has 10 heteroatoms. The number of aromatic nitrogens is 1. The van der Waals surface area contributed by atoms with E-state index in [1.54, 1.807) is 13.3 Å². The van der Waals surface area contributed by atoms with Gasteiger partial charge in [0.05, 0.1) is 27.1 Å². The lowest BCUT2D eigenvalue weighted by Gasteiger charge is -2.17. The van der Waals surface area contributed by atoms with Gasteiger partial charge < -0.3 is 19.8 Å². The molecule has 1 heterocycles. The lowest BCUT2D eigenvalue weighted by Crippen LogP contribution is -2.47. The molecule has 2 amide bonds. The van der Waals surface area contributed by atoms with E-state index in [0.29, 0.717) is 0 Å². The van der Waals surface area contributed by atoms with Crippen molar-refractivity contribution in [2.75, 3.05) is 13.7 Å². The molecule has 0 aliphatic rings. The highest BCUT2D eigenvalue weighted by Gasteiger charge is 2.23. The molecule has 0 saturated carbocycles. The fourth-order valence-corrected chi connectivity index (χ4v) is 5.51. The number of H-pyrrole nitrogens is 1. The summed E-state index contributed by atoms with van der Waals surface area (Å²) in [4.78, 5) is 28.5. The predicted octanol–water partition coefficient (Wildman–Crippen LogP) is 4.83. The zero-order valence-corrected chi connectivity index (χ0v) is 23.3. The van der Waals surface area contributed by atoms with Gasteiger partial charge in [-0.2, -0.15) is 5.10 Å². The monoisotopic (exact) mass is 688 g/mol. The Morgan fingerprint density at radius 1 is 1.18 bits per heavy atom. The van der Waals surface area contributed by atoms with Crippen LogP contribution >= 0.6 is 45.2 Å². The molecule has 8 nitrogen and oxygen atoms in total. The third kappa shape index (κ3) is 7.08. The molecule has 0 aliphatic heterocycles. The van der Waals surface area contributed by atoms with Crippen LogP contribution in [0.5, 0.6) is 5.75 Å². The van der Waals surface area contributed by atoms with Crippen LogP contribution < -0.4 is 15.5 Å². The van der Waals surface area contributed by atoms with Crippen molar-refractivity contribution < 1.29 is 19.1 Å². The number of carbonyl (C=O) groups is 2. The molecule has 0 fully saturated rings. The van der Waals surface area contributed by atoms with Gasteiger partial charge in [0.1, 0.15) is 11.8 Å². The van der Waals surface area contributed by atoms with Crippen LogP contribution in [-0.4, -0.2) is 43.0 Å². The molecule has 3 rings (SSSR count). The summed E-state index contributed by atoms with van der Waals surface area (Å²) in [5.41, 5.74) is 5.22. The quantitative estimate of drug-likeness (QED) is 0.170. The van der Waals surface area contributed by atoms with Gasteiger partial charge in [-0.05, 0) is 80.4 Å². The molecular weight excluding hydrogens is 662 g/mol. The van der Waals surface area contributed by atoms with E-state index >= 15 is 0 Å². The van der Waals surface area contributed by atoms with Gasteiger partial charge in [0.15, 0.2) is 0 Å². The lowest BCUT2D eigenvalue weighted by atomic mass is 10.0. The van der Waals surface area contributed by atoms with Crippen LogP contribution in [0.2, 0.25) is 0 Å². The minimum Gasteiger partial charge on any atom is -0.495 e. The van der Waals surface area contributed by atoms with E-state index < -0.39 is 18.0 Å². The number of benzene rings is 2. The summed E-state index contributed by atoms with van der Waals surface area (Å²) in [7, 11) is 1.63. The van der Waals surface area contributed by atoms with Gasteiger partial charge in [-0.3, -0.25) is 4.79 Å². The van der Waals surface area contributed by atoms with Gasteiger partial charge in [0.25, 0.3) is 5.91 Å². The minimum atomic E-state index is -0.868. The fourth-order valence-electron chi connectivity index (χ4n) is 3.25. The molecule has 180 valence electrons. The summed E-state index contributed by atoms with van der Waals surface area (Å²) in [5, 5.41) is 7.77. The first-order valence-electron chi connectivity index (χ1n) is 10.6. The van der Waals surface area contributed by atoms with Crippen LogP contribution in [0.3, 0.4) is 0 Å². The third-order valence-corrected chi connectivity index (χ3v) is 6.47. The van der Waals surface area contributed by atoms with E-state index in [2.05, 4.69) is 66.0 Å². The van der Waals surface area contributed by atoms with Crippen molar-refractivity contribution in [2.24, 2.45) is 11.0 Å². The standard InChI is InChI=1S/C24H26I2N4O4/c1-14(2)13-34-24(32)29-21(10-16-12-27-20-7-5-4-6-17(16)20)23(31)30-28-11-15-8-18(25)22(33-3)19(26)9-15/h4-9,11-12,14,21,27H,10,13H2,1-3H3,(H,29,32)(H,30,31)/b28-11-/t21-/m1/s1. The highest BCUT2D eigenvalue weighted by molar-refractivity contribution is 14.1. The Morgan fingerprint density at radius 3 is 2.56 bits per heavy atom. The zero-order valence-electron chi connectivity index (χ0n) is 19.0. The Labute approximate surface area is 225 Å². The van der Waals surface area contributed by atoms with Gasteiger partial charge >= 0.3 is 6.09 Å². The van der Waals surface area contributed by atoms with Crippen LogP contribution in [0.15, 0.2) is 47.7 Å². The van der Waals surface area contributed by atoms with Gasteiger partial charge in [-0.1, -0.05) is 32.0 Å². The number of nitrogens with zero attached hydrogens (tertiary/aromatic N) is 1. The van der Waals surface area contributed by atoms with Crippen molar-refractivity contribution in [2.45, 2.75) is 26.3 Å². The summed E-state index contributed by atoms with van der Waals surface area (Å²) in [6.07, 6.45) is 3.04. The summed E-state index contributed by atoms with van der Waals surface area (Å²) in [6.45, 7) is 4.15. The van der Waals surface area contributed by atoms with Crippen molar-refractivity contribution >= 4 is 74.3 Å². The largest absolute Gasteiger partial charge is 0.495 e. The van der Waals surface area contributed by atoms with E-state index in [1.807, 2.05) is 56.4 Å². The number of para-hydroxylation sites is 1. The summed E-state index contributed by atoms with van der Waals surface area (Å²) >= 11 is 4.38. The maximum Gasteiger partial charge on any atom is 0.407 e. The SMILES string of the molecule is COc1c(I)cc(/C=N\NC(=O)[C@@H](Cc2c[nH]c3ccccc23)NC(=O)OCC(C)C)cc1I. The average Bonchev–Trinajstić information content (AvgIpc) is 3.20. The first-order valence-corrected chi connectivity index (χ1v) is 12.8. The summed E-state index contributed by atoms with van der Waals surface area (Å²) < 4.78 is 12.5. The van der Waals surface area contributed by atoms with Gasteiger partial charge in [-0.25, -0.2) is 10.2 Å². The second-order valence-electron chi connectivity index (χ2n) is 8.00. The fraction of sp³-hybridized carbons (Fsp3) is 0.292. The molecule has 0 radical (unpaired) electrons. The topological polar surface area (TPSA) is 105 Å². The van der Waals surface area contributed by atoms with Crippen LogP contribution in [0.1, 0.15) is 25.0 Å². The third-order valence-electron chi connectivity index (χ3n) is 4.87. The molecule has 0 bridgehead atoms. The number of nitrogens with one attached hydrogen (secondary N) is 3. The lowest BCUT2D eigenvalue weighted by molar-refractivity contribution is -0.123. The number of halogens is 2. The van der Waals surface area contributed by atoms with Crippen molar-refractivity contribution in [1.29, 1.82) is 0 Å². The Kier molecular flexibility index (Phi) is 9.56. The second kappa shape index (κ2) is 12.4. The van der Waals surface area contributed by atoms with E-state index in [4.69, 9.17) is 9.47 Å². The Hall–Kier alpha value is -2.35. The van der Waals surface area contributed by atoms with E-state index in [0.717, 1.165) is 34.9 Å². The number of rotatable bonds is 9. The number of ether oxygens (including phenoxy) is 2. The number of methoxy groups -OCH3 is 1. The van der Waals surface area contributed by atoms with E-state index in [9.17, 15) is 9.59 Å². The molecule has 1 aromatic heterocycles. The highest BCUT2D eigenvalue weighted by Crippen LogP contribution is 2.28. The van der Waals surface area contributed by atoms with Gasteiger partial charge in [0, 0.05) is 23.5 Å². The number of amides is 2. The van der Waals surface area contributed by atoms with Crippen LogP contribution in [-0.2, 0) is 16.0 Å². The summed E-state index contributed by atoms with van der Waals surface area (Å²) in [6, 6.07) is 10.7. The van der Waals surface area contributed by atoms with Crippen molar-refractivity contribution in [1.82, 2.24) is 15.7 Å². The molecule has 0 aliphatic carbocycles. The van der Waals surface area contributed by atoms with E-state index in [-0.39, 0.29) is 18.9 Å².